The Morgan fingerprint density at radius 3 is 2.50 bits per heavy atom. The van der Waals surface area contributed by atoms with Crippen molar-refractivity contribution in [3.05, 3.63) is 40.4 Å². The van der Waals surface area contributed by atoms with Crippen molar-refractivity contribution in [2.75, 3.05) is 0 Å². The van der Waals surface area contributed by atoms with Crippen molar-refractivity contribution >= 4 is 28.2 Å². The summed E-state index contributed by atoms with van der Waals surface area (Å²) in [5, 5.41) is 10.9. The van der Waals surface area contributed by atoms with E-state index in [0.717, 1.165) is 10.0 Å². The smallest absolute Gasteiger partial charge is 0.0661 e. The summed E-state index contributed by atoms with van der Waals surface area (Å²) in [6, 6.07) is 7.84. The third kappa shape index (κ3) is 2.88. The molecule has 0 unspecified atom stereocenters. The van der Waals surface area contributed by atoms with Crippen LogP contribution in [0.15, 0.2) is 40.0 Å². The zero-order valence-corrected chi connectivity index (χ0v) is 7.90. The average molecular weight is 226 g/mol. The van der Waals surface area contributed by atoms with Crippen molar-refractivity contribution in [1.29, 1.82) is 0 Å². The Hall–Kier alpha value is -1.09. The van der Waals surface area contributed by atoms with Crippen molar-refractivity contribution in [2.24, 2.45) is 5.16 Å². The lowest BCUT2D eigenvalue weighted by Gasteiger charge is -1.91. The normalized spacial score (nSPS) is 11.4. The highest BCUT2D eigenvalue weighted by molar-refractivity contribution is 9.10. The molecule has 0 atom stereocenters. The molecule has 2 nitrogen and oxygen atoms in total. The van der Waals surface area contributed by atoms with Gasteiger partial charge in [0.2, 0.25) is 0 Å². The van der Waals surface area contributed by atoms with E-state index in [1.165, 1.54) is 6.21 Å². The van der Waals surface area contributed by atoms with Crippen molar-refractivity contribution in [3.8, 4) is 0 Å². The molecule has 1 N–H and O–H groups in total. The van der Waals surface area contributed by atoms with Gasteiger partial charge >= 0.3 is 0 Å². The number of hydrogen-bond acceptors (Lipinski definition) is 2. The number of allylic oxidation sites excluding steroid dienone is 1. The van der Waals surface area contributed by atoms with Crippen LogP contribution in [0.4, 0.5) is 0 Å². The second-order valence-electron chi connectivity index (χ2n) is 2.18. The van der Waals surface area contributed by atoms with E-state index in [4.69, 9.17) is 5.21 Å². The summed E-state index contributed by atoms with van der Waals surface area (Å²) in [6.45, 7) is 0. The summed E-state index contributed by atoms with van der Waals surface area (Å²) in [5.74, 6) is 0. The minimum absolute atomic E-state index is 1.05. The van der Waals surface area contributed by atoms with Gasteiger partial charge in [-0.25, -0.2) is 0 Å². The number of oxime groups is 1. The molecule has 0 fully saturated rings. The summed E-state index contributed by atoms with van der Waals surface area (Å²) >= 11 is 3.34. The molecule has 0 bridgehead atoms. The number of benzene rings is 1. The Morgan fingerprint density at radius 2 is 1.92 bits per heavy atom. The van der Waals surface area contributed by atoms with Gasteiger partial charge in [0.15, 0.2) is 0 Å². The Balaban J connectivity index is 2.70. The van der Waals surface area contributed by atoms with Gasteiger partial charge in [0.1, 0.15) is 0 Å². The number of hydrogen-bond donors (Lipinski definition) is 1. The molecule has 0 saturated carbocycles. The Morgan fingerprint density at radius 1 is 1.25 bits per heavy atom. The number of rotatable bonds is 2. The lowest BCUT2D eigenvalue weighted by molar-refractivity contribution is 0.322. The summed E-state index contributed by atoms with van der Waals surface area (Å²) < 4.78 is 1.05. The first kappa shape index (κ1) is 9.00. The molecule has 12 heavy (non-hydrogen) atoms. The quantitative estimate of drug-likeness (QED) is 0.469. The fourth-order valence-corrected chi connectivity index (χ4v) is 1.03. The zero-order chi connectivity index (χ0) is 8.81. The predicted octanol–water partition coefficient (Wildman–Crippen LogP) is 2.92. The predicted molar refractivity (Wildman–Crippen MR) is 53.5 cm³/mol. The maximum absolute atomic E-state index is 8.10. The van der Waals surface area contributed by atoms with E-state index in [1.54, 1.807) is 6.08 Å². The van der Waals surface area contributed by atoms with Crippen LogP contribution in [0.5, 0.6) is 0 Å². The molecule has 3 heteroatoms. The van der Waals surface area contributed by atoms with Gasteiger partial charge in [0.25, 0.3) is 0 Å². The first-order valence-electron chi connectivity index (χ1n) is 3.42. The number of nitrogens with zero attached hydrogens (tertiary/aromatic N) is 1. The van der Waals surface area contributed by atoms with Gasteiger partial charge < -0.3 is 5.21 Å². The molecule has 0 heterocycles. The molecule has 0 aliphatic carbocycles. The fraction of sp³-hybridized carbons (Fsp3) is 0. The average Bonchev–Trinajstić information content (AvgIpc) is 2.09. The van der Waals surface area contributed by atoms with E-state index in [9.17, 15) is 0 Å². The molecular formula is C9H8BrNO. The molecule has 0 radical (unpaired) electrons. The largest absolute Gasteiger partial charge is 0.411 e. The van der Waals surface area contributed by atoms with E-state index in [-0.39, 0.29) is 0 Å². The highest BCUT2D eigenvalue weighted by Crippen LogP contribution is 2.10. The molecule has 1 aromatic carbocycles. The maximum Gasteiger partial charge on any atom is 0.0661 e. The van der Waals surface area contributed by atoms with Gasteiger partial charge in [0.05, 0.1) is 6.21 Å². The van der Waals surface area contributed by atoms with Crippen LogP contribution in [0.3, 0.4) is 0 Å². The van der Waals surface area contributed by atoms with E-state index >= 15 is 0 Å². The molecule has 0 aromatic heterocycles. The van der Waals surface area contributed by atoms with Crippen LogP contribution in [-0.4, -0.2) is 11.4 Å². The van der Waals surface area contributed by atoms with Crippen LogP contribution in [0.2, 0.25) is 0 Å². The first-order chi connectivity index (χ1) is 5.83. The zero-order valence-electron chi connectivity index (χ0n) is 6.31. The second kappa shape index (κ2) is 4.72. The lowest BCUT2D eigenvalue weighted by Crippen LogP contribution is -1.70. The topological polar surface area (TPSA) is 32.6 Å². The van der Waals surface area contributed by atoms with Crippen LogP contribution in [-0.2, 0) is 0 Å². The highest BCUT2D eigenvalue weighted by Gasteiger charge is 1.85. The molecule has 0 aliphatic heterocycles. The monoisotopic (exact) mass is 225 g/mol. The molecule has 62 valence electrons. The van der Waals surface area contributed by atoms with E-state index < -0.39 is 0 Å². The van der Waals surface area contributed by atoms with Gasteiger partial charge in [0, 0.05) is 4.47 Å². The van der Waals surface area contributed by atoms with Gasteiger partial charge in [-0.15, -0.1) is 0 Å². The Bertz CT molecular complexity index is 290. The summed E-state index contributed by atoms with van der Waals surface area (Å²) in [6.07, 6.45) is 4.84. The van der Waals surface area contributed by atoms with Crippen molar-refractivity contribution < 1.29 is 5.21 Å². The minimum atomic E-state index is 1.05. The molecule has 0 amide bonds. The van der Waals surface area contributed by atoms with Gasteiger partial charge in [-0.2, -0.15) is 0 Å². The standard InChI is InChI=1S/C9H8BrNO/c10-9-5-3-8(4-6-9)2-1-7-11-12/h1-7,12H. The van der Waals surface area contributed by atoms with Crippen LogP contribution in [0, 0.1) is 0 Å². The molecule has 1 aromatic rings. The Labute approximate surface area is 79.3 Å². The molecule has 1 rings (SSSR count). The minimum Gasteiger partial charge on any atom is -0.411 e. The third-order valence-corrected chi connectivity index (χ3v) is 1.84. The maximum atomic E-state index is 8.10. The van der Waals surface area contributed by atoms with Crippen molar-refractivity contribution in [1.82, 2.24) is 0 Å². The van der Waals surface area contributed by atoms with Crippen molar-refractivity contribution in [2.45, 2.75) is 0 Å². The molecule has 0 spiro atoms. The van der Waals surface area contributed by atoms with Gasteiger partial charge in [-0.1, -0.05) is 39.3 Å². The number of halogens is 1. The molecule has 0 aliphatic rings. The molecular weight excluding hydrogens is 218 g/mol. The van der Waals surface area contributed by atoms with Crippen LogP contribution >= 0.6 is 15.9 Å². The summed E-state index contributed by atoms with van der Waals surface area (Å²) in [4.78, 5) is 0. The second-order valence-corrected chi connectivity index (χ2v) is 3.09. The summed E-state index contributed by atoms with van der Waals surface area (Å²) in [7, 11) is 0. The van der Waals surface area contributed by atoms with Crippen molar-refractivity contribution in [3.63, 3.8) is 0 Å². The van der Waals surface area contributed by atoms with E-state index in [0.29, 0.717) is 0 Å². The first-order valence-corrected chi connectivity index (χ1v) is 4.22. The van der Waals surface area contributed by atoms with Crippen LogP contribution in [0.25, 0.3) is 6.08 Å². The van der Waals surface area contributed by atoms with Crippen LogP contribution < -0.4 is 0 Å². The van der Waals surface area contributed by atoms with E-state index in [2.05, 4.69) is 21.1 Å². The van der Waals surface area contributed by atoms with Crippen LogP contribution in [0.1, 0.15) is 5.56 Å². The molecule has 0 saturated heterocycles. The highest BCUT2D eigenvalue weighted by atomic mass is 79.9. The summed E-state index contributed by atoms with van der Waals surface area (Å²) in [5.41, 5.74) is 1.07. The van der Waals surface area contributed by atoms with Gasteiger partial charge in [-0.3, -0.25) is 0 Å². The van der Waals surface area contributed by atoms with E-state index in [1.807, 2.05) is 30.3 Å². The fourth-order valence-electron chi connectivity index (χ4n) is 0.767. The third-order valence-electron chi connectivity index (χ3n) is 1.31. The Kier molecular flexibility index (Phi) is 3.54. The SMILES string of the molecule is ON=CC=Cc1ccc(Br)cc1. The van der Waals surface area contributed by atoms with Gasteiger partial charge in [-0.05, 0) is 23.8 Å². The lowest BCUT2D eigenvalue weighted by atomic mass is 10.2.